The summed E-state index contributed by atoms with van der Waals surface area (Å²) in [5, 5.41) is 11.4. The van der Waals surface area contributed by atoms with Gasteiger partial charge in [-0.3, -0.25) is 14.5 Å². The molecule has 158 valence electrons. The van der Waals surface area contributed by atoms with Crippen LogP contribution in [0.5, 0.6) is 5.75 Å². The summed E-state index contributed by atoms with van der Waals surface area (Å²) in [4.78, 5) is 27.6. The second-order valence-electron chi connectivity index (χ2n) is 7.05. The number of aryl methyl sites for hydroxylation is 1. The number of halogens is 1. The first-order valence-corrected chi connectivity index (χ1v) is 10.1. The highest BCUT2D eigenvalue weighted by Gasteiger charge is 2.48. The zero-order valence-corrected chi connectivity index (χ0v) is 17.7. The zero-order valence-electron chi connectivity index (χ0n) is 17.0. The Kier molecular flexibility index (Phi) is 5.57. The third kappa shape index (κ3) is 3.59. The molecule has 1 aliphatic heterocycles. The van der Waals surface area contributed by atoms with Gasteiger partial charge in [-0.05, 0) is 55.8 Å². The van der Waals surface area contributed by atoms with Crippen molar-refractivity contribution in [2.45, 2.75) is 19.9 Å². The van der Waals surface area contributed by atoms with E-state index in [1.54, 1.807) is 42.5 Å². The predicted octanol–water partition coefficient (Wildman–Crippen LogP) is 5.27. The summed E-state index contributed by atoms with van der Waals surface area (Å²) in [6, 6.07) is 14.4. The number of nitrogens with zero attached hydrogens (tertiary/aromatic N) is 1. The van der Waals surface area contributed by atoms with Gasteiger partial charge in [-0.15, -0.1) is 0 Å². The molecular weight excluding hydrogens is 418 g/mol. The average molecular weight is 438 g/mol. The molecule has 4 rings (SSSR count). The van der Waals surface area contributed by atoms with Gasteiger partial charge in [0.1, 0.15) is 23.3 Å². The highest BCUT2D eigenvalue weighted by atomic mass is 35.5. The van der Waals surface area contributed by atoms with Crippen molar-refractivity contribution in [3.05, 3.63) is 88.3 Å². The second-order valence-corrected chi connectivity index (χ2v) is 7.45. The molecule has 2 heterocycles. The van der Waals surface area contributed by atoms with Gasteiger partial charge in [-0.2, -0.15) is 0 Å². The van der Waals surface area contributed by atoms with Gasteiger partial charge in [-0.1, -0.05) is 29.8 Å². The van der Waals surface area contributed by atoms with Crippen LogP contribution in [0.25, 0.3) is 5.76 Å². The topological polar surface area (TPSA) is 80.0 Å². The maximum Gasteiger partial charge on any atom is 0.300 e. The Morgan fingerprint density at radius 1 is 1.16 bits per heavy atom. The van der Waals surface area contributed by atoms with Crippen molar-refractivity contribution in [3.8, 4) is 5.75 Å². The Balaban J connectivity index is 1.94. The molecule has 1 atom stereocenters. The number of hydrogen-bond donors (Lipinski definition) is 1. The van der Waals surface area contributed by atoms with Gasteiger partial charge < -0.3 is 14.3 Å². The maximum absolute atomic E-state index is 13.1. The second kappa shape index (κ2) is 8.32. The smallest absolute Gasteiger partial charge is 0.300 e. The van der Waals surface area contributed by atoms with Crippen molar-refractivity contribution in [1.82, 2.24) is 0 Å². The molecule has 1 amide bonds. The van der Waals surface area contributed by atoms with Gasteiger partial charge in [0, 0.05) is 11.3 Å². The Morgan fingerprint density at radius 2 is 1.94 bits per heavy atom. The minimum absolute atomic E-state index is 0.0984. The van der Waals surface area contributed by atoms with E-state index in [-0.39, 0.29) is 21.9 Å². The van der Waals surface area contributed by atoms with E-state index in [0.29, 0.717) is 23.8 Å². The zero-order chi connectivity index (χ0) is 22.1. The number of aliphatic hydroxyl groups is 1. The van der Waals surface area contributed by atoms with Gasteiger partial charge in [0.2, 0.25) is 0 Å². The standard InChI is InChI=1S/C24H20ClNO5/c1-3-30-15-10-11-17(25)16(13-15)22(27)20-21(19-9-6-12-31-19)26(24(29)23(20)28)18-8-5-4-7-14(18)2/h4-13,21,27H,3H2,1-2H3/b22-20-. The van der Waals surface area contributed by atoms with Gasteiger partial charge in [-0.25, -0.2) is 0 Å². The van der Waals surface area contributed by atoms with E-state index < -0.39 is 17.7 Å². The first kappa shape index (κ1) is 20.8. The molecule has 1 saturated heterocycles. The largest absolute Gasteiger partial charge is 0.507 e. The third-order valence-corrected chi connectivity index (χ3v) is 5.47. The first-order chi connectivity index (χ1) is 14.9. The summed E-state index contributed by atoms with van der Waals surface area (Å²) in [6.07, 6.45) is 1.45. The van der Waals surface area contributed by atoms with Crippen molar-refractivity contribution in [3.63, 3.8) is 0 Å². The molecule has 0 saturated carbocycles. The number of carbonyl (C=O) groups excluding carboxylic acids is 2. The van der Waals surface area contributed by atoms with Crippen LogP contribution in [-0.2, 0) is 9.59 Å². The van der Waals surface area contributed by atoms with E-state index in [2.05, 4.69) is 0 Å². The molecule has 3 aromatic rings. The fourth-order valence-electron chi connectivity index (χ4n) is 3.72. The van der Waals surface area contributed by atoms with Gasteiger partial charge in [0.25, 0.3) is 11.7 Å². The number of anilines is 1. The number of hydrogen-bond acceptors (Lipinski definition) is 5. The fraction of sp³-hybridized carbons (Fsp3) is 0.167. The van der Waals surface area contributed by atoms with Gasteiger partial charge in [0.05, 0.1) is 23.5 Å². The lowest BCUT2D eigenvalue weighted by atomic mass is 9.98. The number of furan rings is 1. The number of aliphatic hydroxyl groups excluding tert-OH is 1. The molecule has 0 aliphatic carbocycles. The van der Waals surface area contributed by atoms with Crippen LogP contribution in [0.1, 0.15) is 29.9 Å². The van der Waals surface area contributed by atoms with E-state index in [1.807, 2.05) is 26.0 Å². The van der Waals surface area contributed by atoms with E-state index in [9.17, 15) is 14.7 Å². The Hall–Kier alpha value is -3.51. The number of ketones is 1. The molecule has 1 aliphatic rings. The van der Waals surface area contributed by atoms with E-state index in [1.165, 1.54) is 11.2 Å². The molecule has 0 spiro atoms. The van der Waals surface area contributed by atoms with Crippen LogP contribution in [0, 0.1) is 6.92 Å². The van der Waals surface area contributed by atoms with Crippen LogP contribution in [-0.4, -0.2) is 23.4 Å². The summed E-state index contributed by atoms with van der Waals surface area (Å²) in [5.74, 6) is -1.13. The summed E-state index contributed by atoms with van der Waals surface area (Å²) in [5.41, 5.74) is 1.46. The SMILES string of the molecule is CCOc1ccc(Cl)c(/C(O)=C2/C(=O)C(=O)N(c3ccccc3C)C2c2ccco2)c1. The van der Waals surface area contributed by atoms with Gasteiger partial charge >= 0.3 is 0 Å². The molecule has 1 N–H and O–H groups in total. The summed E-state index contributed by atoms with van der Waals surface area (Å²) >= 11 is 6.32. The molecule has 6 nitrogen and oxygen atoms in total. The summed E-state index contributed by atoms with van der Waals surface area (Å²) in [7, 11) is 0. The van der Waals surface area contributed by atoms with Crippen molar-refractivity contribution < 1.29 is 23.8 Å². The number of rotatable bonds is 5. The van der Waals surface area contributed by atoms with Crippen LogP contribution < -0.4 is 9.64 Å². The number of ether oxygens (including phenoxy) is 1. The van der Waals surface area contributed by atoms with Crippen molar-refractivity contribution in [2.24, 2.45) is 0 Å². The van der Waals surface area contributed by atoms with Crippen molar-refractivity contribution in [1.29, 1.82) is 0 Å². The Morgan fingerprint density at radius 3 is 2.61 bits per heavy atom. The lowest BCUT2D eigenvalue weighted by molar-refractivity contribution is -0.132. The number of para-hydroxylation sites is 1. The van der Waals surface area contributed by atoms with Crippen LogP contribution in [0.3, 0.4) is 0 Å². The number of Topliss-reactive ketones (excluding diaryl/α,β-unsaturated/α-hetero) is 1. The van der Waals surface area contributed by atoms with Crippen molar-refractivity contribution in [2.75, 3.05) is 11.5 Å². The molecule has 1 fully saturated rings. The number of carbonyl (C=O) groups is 2. The van der Waals surface area contributed by atoms with E-state index >= 15 is 0 Å². The number of amides is 1. The van der Waals surface area contributed by atoms with Crippen LogP contribution >= 0.6 is 11.6 Å². The Bertz CT molecular complexity index is 1180. The lowest BCUT2D eigenvalue weighted by Gasteiger charge is -2.25. The minimum atomic E-state index is -0.942. The molecule has 0 radical (unpaired) electrons. The third-order valence-electron chi connectivity index (χ3n) is 5.14. The van der Waals surface area contributed by atoms with Gasteiger partial charge in [0.15, 0.2) is 0 Å². The summed E-state index contributed by atoms with van der Waals surface area (Å²) in [6.45, 7) is 4.10. The highest BCUT2D eigenvalue weighted by Crippen LogP contribution is 2.44. The predicted molar refractivity (Wildman–Crippen MR) is 117 cm³/mol. The molecular formula is C24H20ClNO5. The maximum atomic E-state index is 13.1. The molecule has 1 unspecified atom stereocenters. The van der Waals surface area contributed by atoms with Crippen LogP contribution in [0.4, 0.5) is 5.69 Å². The molecule has 1 aromatic heterocycles. The van der Waals surface area contributed by atoms with E-state index in [4.69, 9.17) is 20.8 Å². The van der Waals surface area contributed by atoms with E-state index in [0.717, 1.165) is 5.56 Å². The molecule has 7 heteroatoms. The normalized spacial score (nSPS) is 17.9. The quantitative estimate of drug-likeness (QED) is 0.334. The molecule has 31 heavy (non-hydrogen) atoms. The number of benzene rings is 2. The minimum Gasteiger partial charge on any atom is -0.507 e. The fourth-order valence-corrected chi connectivity index (χ4v) is 3.93. The molecule has 2 aromatic carbocycles. The first-order valence-electron chi connectivity index (χ1n) is 9.76. The monoisotopic (exact) mass is 437 g/mol. The molecule has 0 bridgehead atoms. The average Bonchev–Trinajstić information content (AvgIpc) is 3.37. The lowest BCUT2D eigenvalue weighted by Crippen LogP contribution is -2.29. The highest BCUT2D eigenvalue weighted by molar-refractivity contribution is 6.52. The Labute approximate surface area is 184 Å². The summed E-state index contributed by atoms with van der Waals surface area (Å²) < 4.78 is 11.1. The van der Waals surface area contributed by atoms with Crippen molar-refractivity contribution >= 4 is 34.7 Å². The van der Waals surface area contributed by atoms with Crippen LogP contribution in [0.2, 0.25) is 5.02 Å². The van der Waals surface area contributed by atoms with Crippen LogP contribution in [0.15, 0.2) is 70.9 Å².